The van der Waals surface area contributed by atoms with Crippen LogP contribution < -0.4 is 5.32 Å². The number of aromatic nitrogens is 2. The van der Waals surface area contributed by atoms with Crippen LogP contribution in [0.5, 0.6) is 0 Å². The molecular weight excluding hydrogens is 300 g/mol. The second-order valence-corrected chi connectivity index (χ2v) is 5.97. The van der Waals surface area contributed by atoms with Gasteiger partial charge in [0.2, 0.25) is 0 Å². The van der Waals surface area contributed by atoms with Crippen LogP contribution in [-0.2, 0) is 0 Å². The Labute approximate surface area is 144 Å². The van der Waals surface area contributed by atoms with Crippen molar-refractivity contribution in [3.8, 4) is 0 Å². The van der Waals surface area contributed by atoms with Gasteiger partial charge in [-0.25, -0.2) is 9.97 Å². The van der Waals surface area contributed by atoms with Gasteiger partial charge < -0.3 is 10.2 Å². The smallest absolute Gasteiger partial charge is 0.272 e. The predicted molar refractivity (Wildman–Crippen MR) is 97.7 cm³/mol. The lowest BCUT2D eigenvalue weighted by Crippen LogP contribution is -2.33. The molecule has 5 nitrogen and oxygen atoms in total. The molecule has 0 atom stereocenters. The number of rotatable bonds is 7. The fourth-order valence-electron chi connectivity index (χ4n) is 2.63. The van der Waals surface area contributed by atoms with Gasteiger partial charge in [-0.3, -0.25) is 4.79 Å². The summed E-state index contributed by atoms with van der Waals surface area (Å²) in [7, 11) is 0. The van der Waals surface area contributed by atoms with Crippen LogP contribution in [0.4, 0.5) is 11.5 Å². The minimum atomic E-state index is -0.0310. The van der Waals surface area contributed by atoms with Crippen molar-refractivity contribution in [1.82, 2.24) is 14.9 Å². The maximum atomic E-state index is 12.7. The number of aryl methyl sites for hydroxylation is 2. The summed E-state index contributed by atoms with van der Waals surface area (Å²) >= 11 is 0. The van der Waals surface area contributed by atoms with Gasteiger partial charge in [-0.05, 0) is 44.4 Å². The normalized spacial score (nSPS) is 10.5. The van der Waals surface area contributed by atoms with Crippen molar-refractivity contribution in [2.45, 2.75) is 40.5 Å². The van der Waals surface area contributed by atoms with Crippen LogP contribution in [0.2, 0.25) is 0 Å². The summed E-state index contributed by atoms with van der Waals surface area (Å²) in [5.41, 5.74) is 2.56. The predicted octanol–water partition coefficient (Wildman–Crippen LogP) is 4.10. The molecule has 1 amide bonds. The number of hydrogen-bond acceptors (Lipinski definition) is 4. The van der Waals surface area contributed by atoms with Crippen LogP contribution in [0.1, 0.15) is 48.6 Å². The molecule has 1 heterocycles. The Hall–Kier alpha value is -2.43. The average Bonchev–Trinajstić information content (AvgIpc) is 2.53. The van der Waals surface area contributed by atoms with E-state index in [-0.39, 0.29) is 5.91 Å². The van der Waals surface area contributed by atoms with E-state index in [1.54, 1.807) is 6.07 Å². The highest BCUT2D eigenvalue weighted by Gasteiger charge is 2.17. The topological polar surface area (TPSA) is 58.1 Å². The second-order valence-electron chi connectivity index (χ2n) is 5.97. The number of benzene rings is 1. The van der Waals surface area contributed by atoms with E-state index in [0.29, 0.717) is 17.3 Å². The molecule has 1 aromatic heterocycles. The SMILES string of the molecule is CCCN(CCC)C(=O)c1cc(Nc2cccc(C)c2)nc(C)n1. The molecule has 0 fully saturated rings. The molecule has 0 spiro atoms. The Morgan fingerprint density at radius 3 is 2.42 bits per heavy atom. The van der Waals surface area contributed by atoms with Gasteiger partial charge in [-0.1, -0.05) is 26.0 Å². The second kappa shape index (κ2) is 8.43. The number of nitrogens with one attached hydrogen (secondary N) is 1. The van der Waals surface area contributed by atoms with Crippen LogP contribution in [0, 0.1) is 13.8 Å². The van der Waals surface area contributed by atoms with Gasteiger partial charge in [0.1, 0.15) is 17.3 Å². The summed E-state index contributed by atoms with van der Waals surface area (Å²) in [6, 6.07) is 9.78. The van der Waals surface area contributed by atoms with Gasteiger partial charge in [0, 0.05) is 24.8 Å². The van der Waals surface area contributed by atoms with E-state index >= 15 is 0 Å². The minimum absolute atomic E-state index is 0.0310. The van der Waals surface area contributed by atoms with Crippen LogP contribution in [-0.4, -0.2) is 33.9 Å². The zero-order valence-electron chi connectivity index (χ0n) is 15.0. The molecule has 0 unspecified atom stereocenters. The van der Waals surface area contributed by atoms with Crippen molar-refractivity contribution < 1.29 is 4.79 Å². The number of hydrogen-bond donors (Lipinski definition) is 1. The van der Waals surface area contributed by atoms with Gasteiger partial charge in [0.25, 0.3) is 5.91 Å². The maximum Gasteiger partial charge on any atom is 0.272 e. The summed E-state index contributed by atoms with van der Waals surface area (Å²) in [6.45, 7) is 9.49. The van der Waals surface area contributed by atoms with E-state index in [1.807, 2.05) is 43.0 Å². The molecular formula is C19H26N4O. The van der Waals surface area contributed by atoms with Crippen molar-refractivity contribution >= 4 is 17.4 Å². The lowest BCUT2D eigenvalue weighted by molar-refractivity contribution is 0.0749. The van der Waals surface area contributed by atoms with Crippen molar-refractivity contribution in [2.24, 2.45) is 0 Å². The molecule has 5 heteroatoms. The zero-order valence-corrected chi connectivity index (χ0v) is 15.0. The highest BCUT2D eigenvalue weighted by molar-refractivity contribution is 5.93. The first-order valence-electron chi connectivity index (χ1n) is 8.52. The number of amides is 1. The highest BCUT2D eigenvalue weighted by Crippen LogP contribution is 2.17. The Bertz CT molecular complexity index is 694. The molecule has 2 rings (SSSR count). The van der Waals surface area contributed by atoms with Gasteiger partial charge in [0.15, 0.2) is 0 Å². The largest absolute Gasteiger partial charge is 0.340 e. The molecule has 1 aromatic carbocycles. The molecule has 0 bridgehead atoms. The van der Waals surface area contributed by atoms with E-state index in [0.717, 1.165) is 31.6 Å². The first kappa shape index (κ1) is 17.9. The lowest BCUT2D eigenvalue weighted by Gasteiger charge is -2.21. The molecule has 0 saturated heterocycles. The number of anilines is 2. The van der Waals surface area contributed by atoms with Crippen LogP contribution in [0.15, 0.2) is 30.3 Å². The summed E-state index contributed by atoms with van der Waals surface area (Å²) in [4.78, 5) is 23.3. The molecule has 0 aliphatic carbocycles. The Morgan fingerprint density at radius 2 is 1.79 bits per heavy atom. The van der Waals surface area contributed by atoms with Crippen molar-refractivity contribution in [3.63, 3.8) is 0 Å². The summed E-state index contributed by atoms with van der Waals surface area (Å²) < 4.78 is 0. The quantitative estimate of drug-likeness (QED) is 0.832. The number of carbonyl (C=O) groups excluding carboxylic acids is 1. The third-order valence-electron chi connectivity index (χ3n) is 3.62. The van der Waals surface area contributed by atoms with Crippen molar-refractivity contribution in [3.05, 3.63) is 47.4 Å². The molecule has 24 heavy (non-hydrogen) atoms. The monoisotopic (exact) mass is 326 g/mol. The first-order chi connectivity index (χ1) is 11.5. The Kier molecular flexibility index (Phi) is 6.29. The molecule has 0 saturated carbocycles. The highest BCUT2D eigenvalue weighted by atomic mass is 16.2. The fourth-order valence-corrected chi connectivity index (χ4v) is 2.63. The average molecular weight is 326 g/mol. The van der Waals surface area contributed by atoms with Crippen LogP contribution in [0.25, 0.3) is 0 Å². The summed E-state index contributed by atoms with van der Waals surface area (Å²) in [6.07, 6.45) is 1.87. The van der Waals surface area contributed by atoms with Crippen molar-refractivity contribution in [2.75, 3.05) is 18.4 Å². The number of nitrogens with zero attached hydrogens (tertiary/aromatic N) is 3. The first-order valence-corrected chi connectivity index (χ1v) is 8.52. The maximum absolute atomic E-state index is 12.7. The van der Waals surface area contributed by atoms with E-state index in [2.05, 4.69) is 29.1 Å². The van der Waals surface area contributed by atoms with E-state index in [1.165, 1.54) is 5.56 Å². The Balaban J connectivity index is 2.25. The zero-order chi connectivity index (χ0) is 17.5. The van der Waals surface area contributed by atoms with Crippen molar-refractivity contribution in [1.29, 1.82) is 0 Å². The third kappa shape index (κ3) is 4.78. The van der Waals surface area contributed by atoms with E-state index in [9.17, 15) is 4.79 Å². The van der Waals surface area contributed by atoms with Crippen LogP contribution >= 0.6 is 0 Å². The van der Waals surface area contributed by atoms with Gasteiger partial charge in [0.05, 0.1) is 0 Å². The number of carbonyl (C=O) groups is 1. The Morgan fingerprint density at radius 1 is 1.08 bits per heavy atom. The minimum Gasteiger partial charge on any atom is -0.340 e. The lowest BCUT2D eigenvalue weighted by atomic mass is 10.2. The fraction of sp³-hybridized carbons (Fsp3) is 0.421. The van der Waals surface area contributed by atoms with Gasteiger partial charge >= 0.3 is 0 Å². The van der Waals surface area contributed by atoms with Crippen LogP contribution in [0.3, 0.4) is 0 Å². The summed E-state index contributed by atoms with van der Waals surface area (Å²) in [5, 5.41) is 3.26. The molecule has 2 aromatic rings. The molecule has 128 valence electrons. The van der Waals surface area contributed by atoms with Gasteiger partial charge in [-0.2, -0.15) is 0 Å². The van der Waals surface area contributed by atoms with E-state index < -0.39 is 0 Å². The molecule has 1 N–H and O–H groups in total. The molecule has 0 radical (unpaired) electrons. The third-order valence-corrected chi connectivity index (χ3v) is 3.62. The summed E-state index contributed by atoms with van der Waals surface area (Å²) in [5.74, 6) is 1.20. The standard InChI is InChI=1S/C19H26N4O/c1-5-10-23(11-6-2)19(24)17-13-18(21-15(4)20-17)22-16-9-7-8-14(3)12-16/h7-9,12-13H,5-6,10-11H2,1-4H3,(H,20,21,22). The molecule has 0 aliphatic heterocycles. The molecule has 0 aliphatic rings. The van der Waals surface area contributed by atoms with E-state index in [4.69, 9.17) is 0 Å². The van der Waals surface area contributed by atoms with Gasteiger partial charge in [-0.15, -0.1) is 0 Å².